The number of nitrogens with zero attached hydrogens (tertiary/aromatic N) is 3. The maximum Gasteiger partial charge on any atom is 0.340 e. The van der Waals surface area contributed by atoms with E-state index in [1.807, 2.05) is 64.1 Å². The van der Waals surface area contributed by atoms with Crippen LogP contribution in [-0.2, 0) is 9.47 Å². The minimum atomic E-state index is -0.576. The first-order chi connectivity index (χ1) is 17.9. The molecule has 2 aromatic rings. The second kappa shape index (κ2) is 12.0. The van der Waals surface area contributed by atoms with Gasteiger partial charge in [-0.05, 0) is 77.8 Å². The number of rotatable bonds is 9. The van der Waals surface area contributed by atoms with Crippen molar-refractivity contribution in [3.8, 4) is 0 Å². The number of ether oxygens (including phenoxy) is 2. The molecule has 8 nitrogen and oxygen atoms in total. The van der Waals surface area contributed by atoms with Crippen LogP contribution < -0.4 is 10.8 Å². The van der Waals surface area contributed by atoms with Gasteiger partial charge in [-0.15, -0.1) is 0 Å². The maximum atomic E-state index is 12.9. The summed E-state index contributed by atoms with van der Waals surface area (Å²) in [6.45, 7) is 14.3. The third-order valence-electron chi connectivity index (χ3n) is 6.78. The van der Waals surface area contributed by atoms with E-state index in [4.69, 9.17) is 19.6 Å². The lowest BCUT2D eigenvalue weighted by molar-refractivity contribution is -0.00359. The summed E-state index contributed by atoms with van der Waals surface area (Å²) in [5.41, 5.74) is 4.07. The molecular weight excluding hydrogens is 478 g/mol. The third-order valence-corrected chi connectivity index (χ3v) is 6.78. The first kappa shape index (κ1) is 29.2. The van der Waals surface area contributed by atoms with Gasteiger partial charge in [-0.3, -0.25) is 10.0 Å². The van der Waals surface area contributed by atoms with E-state index in [0.29, 0.717) is 17.8 Å². The zero-order chi connectivity index (χ0) is 28.1. The second-order valence-corrected chi connectivity index (χ2v) is 11.0. The van der Waals surface area contributed by atoms with Crippen LogP contribution in [0, 0.1) is 6.92 Å². The largest absolute Gasteiger partial charge is 0.456 e. The molecule has 0 bridgehead atoms. The summed E-state index contributed by atoms with van der Waals surface area (Å²) in [4.78, 5) is 21.2. The Morgan fingerprint density at radius 2 is 2.00 bits per heavy atom. The molecule has 0 aliphatic carbocycles. The number of likely N-dealkylation sites (N-methyl/N-ethyl adjacent to an activating group) is 1. The number of aromatic nitrogens is 1. The standard InChI is InChI=1S/C30H43N5O3/c1-10-22-15-16-30(7,35(8)34-22)26(37-9)19-32-27-24(17-20(2)18-31-27)21(3)33-25-14-12-11-13-23(25)28(36)38-29(4,5)6/h11-18,21,26,33H,10,19H2,1-9H3,(H,31,32)/t21?,26-,30?/m0/s1. The molecule has 3 atom stereocenters. The smallest absolute Gasteiger partial charge is 0.340 e. The highest BCUT2D eigenvalue weighted by atomic mass is 16.6. The zero-order valence-electron chi connectivity index (χ0n) is 24.3. The monoisotopic (exact) mass is 521 g/mol. The van der Waals surface area contributed by atoms with Crippen molar-refractivity contribution in [3.63, 3.8) is 0 Å². The highest BCUT2D eigenvalue weighted by Crippen LogP contribution is 2.27. The number of anilines is 1. The van der Waals surface area contributed by atoms with Gasteiger partial charge in [0, 0.05) is 31.6 Å². The van der Waals surface area contributed by atoms with Gasteiger partial charge in [0.05, 0.1) is 23.9 Å². The fourth-order valence-electron chi connectivity index (χ4n) is 4.40. The number of hydrogen-bond donors (Lipinski definition) is 2. The molecule has 206 valence electrons. The van der Waals surface area contributed by atoms with Crippen LogP contribution in [0.3, 0.4) is 0 Å². The van der Waals surface area contributed by atoms with E-state index in [1.54, 1.807) is 13.2 Å². The first-order valence-electron chi connectivity index (χ1n) is 13.2. The molecule has 0 saturated carbocycles. The summed E-state index contributed by atoms with van der Waals surface area (Å²) < 4.78 is 11.5. The highest BCUT2D eigenvalue weighted by Gasteiger charge is 2.37. The Labute approximate surface area is 226 Å². The third kappa shape index (κ3) is 6.92. The van der Waals surface area contributed by atoms with E-state index in [9.17, 15) is 4.79 Å². The Bertz CT molecular complexity index is 1260. The van der Waals surface area contributed by atoms with Gasteiger partial charge in [-0.1, -0.05) is 25.1 Å². The Hall–Kier alpha value is -3.39. The van der Waals surface area contributed by atoms with Crippen molar-refractivity contribution >= 4 is 17.4 Å². The minimum absolute atomic E-state index is 0.140. The normalized spacial score (nSPS) is 19.7. The number of benzene rings is 1. The fraction of sp³-hybridized carbons (Fsp3) is 0.500. The van der Waals surface area contributed by atoms with Crippen molar-refractivity contribution in [2.45, 2.75) is 78.2 Å². The number of hydrogen-bond acceptors (Lipinski definition) is 7. The molecule has 1 aromatic heterocycles. The van der Waals surface area contributed by atoms with E-state index < -0.39 is 11.1 Å². The number of aryl methyl sites for hydroxylation is 1. The molecule has 0 radical (unpaired) electrons. The molecule has 3 rings (SSSR count). The van der Waals surface area contributed by atoms with Crippen LogP contribution in [0.1, 0.15) is 75.5 Å². The summed E-state index contributed by atoms with van der Waals surface area (Å²) in [7, 11) is 3.69. The van der Waals surface area contributed by atoms with Crippen molar-refractivity contribution in [1.82, 2.24) is 9.99 Å². The van der Waals surface area contributed by atoms with Crippen LogP contribution in [0.25, 0.3) is 0 Å². The summed E-state index contributed by atoms with van der Waals surface area (Å²) in [5, 5.41) is 10.2. The zero-order valence-corrected chi connectivity index (χ0v) is 24.3. The maximum absolute atomic E-state index is 12.9. The molecular formula is C30H43N5O3. The number of hydrazone groups is 1. The van der Waals surface area contributed by atoms with Gasteiger partial charge < -0.3 is 19.8 Å². The van der Waals surface area contributed by atoms with E-state index >= 15 is 0 Å². The van der Waals surface area contributed by atoms with Crippen LogP contribution in [-0.4, -0.2) is 59.6 Å². The van der Waals surface area contributed by atoms with Gasteiger partial charge in [-0.2, -0.15) is 5.10 Å². The SMILES string of the molecule is CCC1=NN(C)C(C)([C@H](C/N=c2\[nH]cc(C)cc2C(C)Nc2ccccc2C(=O)OC(C)(C)C)OC)C=C1. The lowest BCUT2D eigenvalue weighted by atomic mass is 9.91. The molecule has 2 unspecified atom stereocenters. The average Bonchev–Trinajstić information content (AvgIpc) is 2.86. The number of allylic oxidation sites excluding steroid dienone is 1. The van der Waals surface area contributed by atoms with Crippen LogP contribution >= 0.6 is 0 Å². The number of carbonyl (C=O) groups is 1. The number of H-pyrrole nitrogens is 1. The number of nitrogens with one attached hydrogen (secondary N) is 2. The quantitative estimate of drug-likeness (QED) is 0.432. The molecule has 38 heavy (non-hydrogen) atoms. The predicted octanol–water partition coefficient (Wildman–Crippen LogP) is 5.39. The van der Waals surface area contributed by atoms with E-state index in [0.717, 1.165) is 28.7 Å². The van der Waals surface area contributed by atoms with E-state index in [1.165, 1.54) is 0 Å². The predicted molar refractivity (Wildman–Crippen MR) is 153 cm³/mol. The number of pyridine rings is 1. The van der Waals surface area contributed by atoms with Gasteiger partial charge >= 0.3 is 5.97 Å². The molecule has 0 saturated heterocycles. The average molecular weight is 522 g/mol. The number of aromatic amines is 1. The molecule has 8 heteroatoms. The fourth-order valence-corrected chi connectivity index (χ4v) is 4.40. The van der Waals surface area contributed by atoms with Crippen molar-refractivity contribution in [3.05, 3.63) is 70.9 Å². The van der Waals surface area contributed by atoms with Crippen LogP contribution in [0.5, 0.6) is 0 Å². The number of methoxy groups -OCH3 is 1. The van der Waals surface area contributed by atoms with Crippen molar-refractivity contribution in [2.24, 2.45) is 10.1 Å². The highest BCUT2D eigenvalue weighted by molar-refractivity contribution is 5.96. The topological polar surface area (TPSA) is 91.3 Å². The molecule has 0 fully saturated rings. The molecule has 0 amide bonds. The van der Waals surface area contributed by atoms with Gasteiger partial charge in [0.15, 0.2) is 0 Å². The van der Waals surface area contributed by atoms with Crippen molar-refractivity contribution in [1.29, 1.82) is 0 Å². The summed E-state index contributed by atoms with van der Waals surface area (Å²) in [5.74, 6) is -0.358. The minimum Gasteiger partial charge on any atom is -0.456 e. The molecule has 1 aliphatic rings. The van der Waals surface area contributed by atoms with Gasteiger partial charge in [0.25, 0.3) is 0 Å². The summed E-state index contributed by atoms with van der Waals surface area (Å²) in [6, 6.07) is 9.38. The first-order valence-corrected chi connectivity index (χ1v) is 13.2. The molecule has 0 spiro atoms. The number of esters is 1. The van der Waals surface area contributed by atoms with Gasteiger partial charge in [0.2, 0.25) is 0 Å². The molecule has 1 aromatic carbocycles. The summed E-state index contributed by atoms with van der Waals surface area (Å²) in [6.07, 6.45) is 6.83. The lowest BCUT2D eigenvalue weighted by Crippen LogP contribution is -2.53. The van der Waals surface area contributed by atoms with Gasteiger partial charge in [-0.25, -0.2) is 4.79 Å². The van der Waals surface area contributed by atoms with E-state index in [-0.39, 0.29) is 18.1 Å². The second-order valence-electron chi connectivity index (χ2n) is 11.0. The Kier molecular flexibility index (Phi) is 9.20. The number of carbonyl (C=O) groups excluding carboxylic acids is 1. The Morgan fingerprint density at radius 3 is 2.63 bits per heavy atom. The van der Waals surface area contributed by atoms with Crippen LogP contribution in [0.4, 0.5) is 5.69 Å². The van der Waals surface area contributed by atoms with Gasteiger partial charge in [0.1, 0.15) is 22.7 Å². The lowest BCUT2D eigenvalue weighted by Gasteiger charge is -2.41. The Balaban J connectivity index is 1.89. The van der Waals surface area contributed by atoms with Crippen molar-refractivity contribution < 1.29 is 14.3 Å². The van der Waals surface area contributed by atoms with Crippen molar-refractivity contribution in [2.75, 3.05) is 26.0 Å². The molecule has 2 N–H and O–H groups in total. The van der Waals surface area contributed by atoms with Crippen LogP contribution in [0.2, 0.25) is 0 Å². The number of para-hydroxylation sites is 1. The van der Waals surface area contributed by atoms with E-state index in [2.05, 4.69) is 49.3 Å². The summed E-state index contributed by atoms with van der Waals surface area (Å²) >= 11 is 0. The Morgan fingerprint density at radius 1 is 1.29 bits per heavy atom. The molecule has 1 aliphatic heterocycles. The molecule has 2 heterocycles. The van der Waals surface area contributed by atoms with Crippen LogP contribution in [0.15, 0.2) is 58.8 Å².